The fourth-order valence-electron chi connectivity index (χ4n) is 3.96. The molecular formula is C22H24N6S. The van der Waals surface area contributed by atoms with Crippen LogP contribution in [-0.4, -0.2) is 58.3 Å². The summed E-state index contributed by atoms with van der Waals surface area (Å²) in [4.78, 5) is 15.5. The molecule has 3 aromatic heterocycles. The number of piperazine rings is 1. The van der Waals surface area contributed by atoms with Crippen LogP contribution in [0.2, 0.25) is 0 Å². The van der Waals surface area contributed by atoms with Crippen molar-refractivity contribution in [2.45, 2.75) is 13.8 Å². The molecule has 7 heteroatoms. The Morgan fingerprint density at radius 2 is 1.76 bits per heavy atom. The van der Waals surface area contributed by atoms with E-state index >= 15 is 0 Å². The average molecular weight is 405 g/mol. The topological polar surface area (TPSA) is 60.9 Å². The van der Waals surface area contributed by atoms with E-state index in [1.165, 1.54) is 9.75 Å². The molecule has 29 heavy (non-hydrogen) atoms. The van der Waals surface area contributed by atoms with Crippen LogP contribution < -0.4 is 4.90 Å². The summed E-state index contributed by atoms with van der Waals surface area (Å²) in [7, 11) is 2.15. The van der Waals surface area contributed by atoms with E-state index in [0.29, 0.717) is 5.95 Å². The Morgan fingerprint density at radius 1 is 0.966 bits per heavy atom. The number of fused-ring (bicyclic) bond motifs is 1. The van der Waals surface area contributed by atoms with Crippen LogP contribution in [-0.2, 0) is 0 Å². The number of rotatable bonds is 3. The minimum absolute atomic E-state index is 0.715. The Morgan fingerprint density at radius 3 is 2.52 bits per heavy atom. The van der Waals surface area contributed by atoms with Gasteiger partial charge in [0.25, 0.3) is 0 Å². The van der Waals surface area contributed by atoms with E-state index in [-0.39, 0.29) is 0 Å². The van der Waals surface area contributed by atoms with Gasteiger partial charge in [-0.25, -0.2) is 4.98 Å². The van der Waals surface area contributed by atoms with E-state index in [0.717, 1.165) is 59.6 Å². The molecule has 1 aromatic carbocycles. The lowest BCUT2D eigenvalue weighted by Gasteiger charge is -2.32. The molecule has 4 aromatic rings. The molecule has 1 N–H and O–H groups in total. The number of likely N-dealkylation sites (N-methyl/N-ethyl adjacent to an activating group) is 1. The smallest absolute Gasteiger partial charge is 0.246 e. The largest absolute Gasteiger partial charge is 0.360 e. The van der Waals surface area contributed by atoms with Crippen LogP contribution in [0.25, 0.3) is 33.4 Å². The number of thiophene rings is 1. The zero-order valence-electron chi connectivity index (χ0n) is 16.9. The summed E-state index contributed by atoms with van der Waals surface area (Å²) < 4.78 is 0. The molecule has 148 valence electrons. The van der Waals surface area contributed by atoms with Crippen LogP contribution in [0.1, 0.15) is 9.75 Å². The lowest BCUT2D eigenvalue weighted by atomic mass is 10.0. The van der Waals surface area contributed by atoms with Gasteiger partial charge in [0.05, 0.1) is 0 Å². The van der Waals surface area contributed by atoms with Crippen molar-refractivity contribution in [1.82, 2.24) is 25.1 Å². The van der Waals surface area contributed by atoms with E-state index in [1.54, 1.807) is 11.3 Å². The van der Waals surface area contributed by atoms with E-state index in [9.17, 15) is 0 Å². The number of aromatic nitrogens is 4. The fourth-order valence-corrected chi connectivity index (χ4v) is 4.89. The molecule has 5 rings (SSSR count). The van der Waals surface area contributed by atoms with Crippen molar-refractivity contribution in [3.8, 4) is 22.5 Å². The number of H-pyrrole nitrogens is 1. The number of nitrogens with zero attached hydrogens (tertiary/aromatic N) is 5. The second-order valence-corrected chi connectivity index (χ2v) is 9.13. The first-order valence-electron chi connectivity index (χ1n) is 9.92. The maximum atomic E-state index is 5.06. The van der Waals surface area contributed by atoms with E-state index in [2.05, 4.69) is 65.0 Å². The minimum atomic E-state index is 0.715. The molecule has 1 fully saturated rings. The first kappa shape index (κ1) is 18.3. The molecule has 0 saturated carbocycles. The van der Waals surface area contributed by atoms with Gasteiger partial charge in [-0.05, 0) is 33.0 Å². The monoisotopic (exact) mass is 404 g/mol. The van der Waals surface area contributed by atoms with Crippen molar-refractivity contribution < 1.29 is 0 Å². The molecule has 0 unspecified atom stereocenters. The number of para-hydroxylation sites is 1. The SMILES string of the molecule is Cc1cc(-c2nnc(N3CCN(C)CC3)nc2-c2c[nH]c3ccccc23)c(C)s1. The zero-order chi connectivity index (χ0) is 20.0. The van der Waals surface area contributed by atoms with Crippen molar-refractivity contribution >= 4 is 28.2 Å². The van der Waals surface area contributed by atoms with Crippen LogP contribution in [0.4, 0.5) is 5.95 Å². The number of benzene rings is 1. The predicted molar refractivity (Wildman–Crippen MR) is 120 cm³/mol. The number of aromatic amines is 1. The number of hydrogen-bond acceptors (Lipinski definition) is 6. The van der Waals surface area contributed by atoms with Crippen molar-refractivity contribution in [2.24, 2.45) is 0 Å². The Balaban J connectivity index is 1.68. The van der Waals surface area contributed by atoms with Crippen molar-refractivity contribution in [3.05, 3.63) is 46.3 Å². The molecule has 0 radical (unpaired) electrons. The first-order valence-corrected chi connectivity index (χ1v) is 10.7. The maximum Gasteiger partial charge on any atom is 0.246 e. The molecule has 4 heterocycles. The molecule has 0 atom stereocenters. The summed E-state index contributed by atoms with van der Waals surface area (Å²) in [5.74, 6) is 0.715. The van der Waals surface area contributed by atoms with Crippen LogP contribution in [0.5, 0.6) is 0 Å². The second-order valence-electron chi connectivity index (χ2n) is 7.67. The number of hydrogen-bond donors (Lipinski definition) is 1. The summed E-state index contributed by atoms with van der Waals surface area (Å²) >= 11 is 1.79. The zero-order valence-corrected chi connectivity index (χ0v) is 17.8. The van der Waals surface area contributed by atoms with E-state index < -0.39 is 0 Å². The van der Waals surface area contributed by atoms with Crippen LogP contribution in [0.15, 0.2) is 36.5 Å². The third-order valence-corrected chi connectivity index (χ3v) is 6.57. The molecule has 1 aliphatic rings. The highest BCUT2D eigenvalue weighted by molar-refractivity contribution is 7.12. The normalized spacial score (nSPS) is 15.3. The van der Waals surface area contributed by atoms with Crippen molar-refractivity contribution in [3.63, 3.8) is 0 Å². The van der Waals surface area contributed by atoms with Crippen molar-refractivity contribution in [1.29, 1.82) is 0 Å². The van der Waals surface area contributed by atoms with Gasteiger partial charge >= 0.3 is 0 Å². The molecule has 1 saturated heterocycles. The number of aryl methyl sites for hydroxylation is 2. The van der Waals surface area contributed by atoms with Gasteiger partial charge in [-0.15, -0.1) is 21.5 Å². The van der Waals surface area contributed by atoms with Crippen LogP contribution >= 0.6 is 11.3 Å². The molecule has 0 bridgehead atoms. The molecule has 0 amide bonds. The lowest BCUT2D eigenvalue weighted by molar-refractivity contribution is 0.311. The van der Waals surface area contributed by atoms with Gasteiger partial charge in [-0.3, -0.25) is 0 Å². The Bertz CT molecular complexity index is 1170. The molecule has 1 aliphatic heterocycles. The average Bonchev–Trinajstić information content (AvgIpc) is 3.30. The molecule has 0 spiro atoms. The van der Waals surface area contributed by atoms with E-state index in [4.69, 9.17) is 10.1 Å². The lowest BCUT2D eigenvalue weighted by Crippen LogP contribution is -2.45. The standard InChI is InChI=1S/C22H24N6S/c1-14-12-17(15(2)29-14)21-20(18-13-23-19-7-5-4-6-16(18)19)24-22(26-25-21)28-10-8-27(3)9-11-28/h4-7,12-13,23H,8-11H2,1-3H3. The Kier molecular flexibility index (Phi) is 4.56. The maximum absolute atomic E-state index is 5.06. The summed E-state index contributed by atoms with van der Waals surface area (Å²) in [6.07, 6.45) is 2.04. The van der Waals surface area contributed by atoms with Gasteiger partial charge in [0.1, 0.15) is 11.4 Å². The summed E-state index contributed by atoms with van der Waals surface area (Å²) in [6, 6.07) is 10.5. The highest BCUT2D eigenvalue weighted by Gasteiger charge is 2.23. The van der Waals surface area contributed by atoms with E-state index in [1.807, 2.05) is 12.3 Å². The summed E-state index contributed by atoms with van der Waals surface area (Å²) in [5.41, 5.74) is 5.05. The fraction of sp³-hybridized carbons (Fsp3) is 0.318. The Labute approximate surface area is 174 Å². The van der Waals surface area contributed by atoms with Crippen molar-refractivity contribution in [2.75, 3.05) is 38.1 Å². The minimum Gasteiger partial charge on any atom is -0.360 e. The second kappa shape index (κ2) is 7.24. The van der Waals surface area contributed by atoms with Gasteiger partial charge in [0, 0.05) is 64.2 Å². The third-order valence-electron chi connectivity index (χ3n) is 5.60. The van der Waals surface area contributed by atoms with Gasteiger partial charge in [-0.1, -0.05) is 18.2 Å². The highest BCUT2D eigenvalue weighted by Crippen LogP contribution is 2.37. The first-order chi connectivity index (χ1) is 14.1. The summed E-state index contributed by atoms with van der Waals surface area (Å²) in [6.45, 7) is 8.13. The Hall–Kier alpha value is -2.77. The van der Waals surface area contributed by atoms with Gasteiger partial charge in [-0.2, -0.15) is 0 Å². The summed E-state index contributed by atoms with van der Waals surface area (Å²) in [5, 5.41) is 10.4. The third kappa shape index (κ3) is 3.30. The molecule has 0 aliphatic carbocycles. The number of anilines is 1. The van der Waals surface area contributed by atoms with Gasteiger partial charge < -0.3 is 14.8 Å². The predicted octanol–water partition coefficient (Wildman–Crippen LogP) is 4.12. The van der Waals surface area contributed by atoms with Gasteiger partial charge in [0.15, 0.2) is 0 Å². The van der Waals surface area contributed by atoms with Crippen LogP contribution in [0, 0.1) is 13.8 Å². The quantitative estimate of drug-likeness (QED) is 0.557. The molecule has 6 nitrogen and oxygen atoms in total. The molecular weight excluding hydrogens is 380 g/mol. The number of nitrogens with one attached hydrogen (secondary N) is 1. The highest BCUT2D eigenvalue weighted by atomic mass is 32.1. The van der Waals surface area contributed by atoms with Gasteiger partial charge in [0.2, 0.25) is 5.95 Å². The van der Waals surface area contributed by atoms with Crippen LogP contribution in [0.3, 0.4) is 0 Å².